The first kappa shape index (κ1) is 39.4. The fraction of sp³-hybridized carbons (Fsp3) is 0.632. The number of hydrogen-bond donors (Lipinski definition) is 5. The summed E-state index contributed by atoms with van der Waals surface area (Å²) in [6.07, 6.45) is 12.7. The smallest absolute Gasteiger partial charge is 0.408 e. The van der Waals surface area contributed by atoms with Crippen LogP contribution < -0.4 is 5.32 Å². The molecule has 0 saturated carbocycles. The van der Waals surface area contributed by atoms with Crippen LogP contribution in [0.25, 0.3) is 0 Å². The number of amides is 1. The topological polar surface area (TPSA) is 158 Å². The van der Waals surface area contributed by atoms with Crippen LogP contribution in [0.4, 0.5) is 4.79 Å². The number of cyclic esters (lactones) is 1. The molecule has 5 N–H and O–H groups in total. The summed E-state index contributed by atoms with van der Waals surface area (Å²) < 4.78 is 17.3. The fourth-order valence-corrected chi connectivity index (χ4v) is 6.07. The van der Waals surface area contributed by atoms with E-state index in [0.29, 0.717) is 18.4 Å². The number of aliphatic hydroxyl groups is 4. The fourth-order valence-electron chi connectivity index (χ4n) is 6.07. The highest BCUT2D eigenvalue weighted by atomic mass is 16.6. The molecule has 0 aromatic carbocycles. The average Bonchev–Trinajstić information content (AvgIpc) is 3.81. The van der Waals surface area contributed by atoms with E-state index in [4.69, 9.17) is 14.2 Å². The van der Waals surface area contributed by atoms with E-state index in [1.54, 1.807) is 51.2 Å². The monoisotopic (exact) mass is 671 g/mol. The summed E-state index contributed by atoms with van der Waals surface area (Å²) in [4.78, 5) is 25.7. The van der Waals surface area contributed by atoms with Crippen molar-refractivity contribution in [2.45, 2.75) is 134 Å². The van der Waals surface area contributed by atoms with Gasteiger partial charge in [-0.2, -0.15) is 0 Å². The summed E-state index contributed by atoms with van der Waals surface area (Å²) >= 11 is 0. The highest BCUT2D eigenvalue weighted by Gasteiger charge is 2.47. The number of nitrogens with one attached hydrogen (secondary N) is 1. The number of aliphatic hydroxyl groups excluding tert-OH is 2. The zero-order valence-electron chi connectivity index (χ0n) is 29.4. The zero-order chi connectivity index (χ0) is 35.6. The van der Waals surface area contributed by atoms with Crippen LogP contribution in [0.1, 0.15) is 86.5 Å². The number of carbonyl (C=O) groups excluding carboxylic acids is 2. The maximum absolute atomic E-state index is 12.9. The Hall–Kier alpha value is -3.02. The van der Waals surface area contributed by atoms with Gasteiger partial charge in [-0.25, -0.2) is 4.79 Å². The highest BCUT2D eigenvalue weighted by Crippen LogP contribution is 2.37. The number of hydrogen-bond acceptors (Lipinski definition) is 9. The number of ether oxygens (including phenoxy) is 3. The van der Waals surface area contributed by atoms with Gasteiger partial charge in [-0.15, -0.1) is 0 Å². The summed E-state index contributed by atoms with van der Waals surface area (Å²) in [5, 5.41) is 45.8. The number of carbonyl (C=O) groups is 2. The number of epoxide rings is 1. The van der Waals surface area contributed by atoms with Gasteiger partial charge in [0.05, 0.1) is 36.4 Å². The molecule has 0 aromatic heterocycles. The number of alkyl carbamates (subject to hydrolysis) is 1. The summed E-state index contributed by atoms with van der Waals surface area (Å²) in [7, 11) is 0. The molecule has 3 aliphatic rings. The Labute approximate surface area is 285 Å². The number of allylic oxidation sites excluding steroid dienone is 5. The van der Waals surface area contributed by atoms with Crippen molar-refractivity contribution in [2.24, 2.45) is 11.8 Å². The van der Waals surface area contributed by atoms with Crippen LogP contribution >= 0.6 is 0 Å². The Morgan fingerprint density at radius 1 is 1.31 bits per heavy atom. The van der Waals surface area contributed by atoms with Crippen molar-refractivity contribution in [2.75, 3.05) is 6.54 Å². The Balaban J connectivity index is 1.72. The molecule has 0 bridgehead atoms. The maximum atomic E-state index is 12.9. The molecule has 48 heavy (non-hydrogen) atoms. The molecular formula is C38H57NO9. The SMILES string of the molecule is C=C1CC=CC(CNC(=O)OC2/C=C/C(C)C(/C(C)=C/C=C/C(C)(O)CC3OC3C(C)C(O)CC)OC(=O)CC(O)CCC2(C)O)=CC1. The lowest BCUT2D eigenvalue weighted by molar-refractivity contribution is -0.151. The van der Waals surface area contributed by atoms with Crippen LogP contribution in [0.15, 0.2) is 71.9 Å². The first-order valence-electron chi connectivity index (χ1n) is 17.2. The lowest BCUT2D eigenvalue weighted by atomic mass is 9.88. The van der Waals surface area contributed by atoms with E-state index in [9.17, 15) is 30.0 Å². The Morgan fingerprint density at radius 2 is 2.04 bits per heavy atom. The van der Waals surface area contributed by atoms with Crippen LogP contribution in [-0.4, -0.2) is 86.9 Å². The van der Waals surface area contributed by atoms with Gasteiger partial charge >= 0.3 is 12.1 Å². The molecule has 10 unspecified atom stereocenters. The largest absolute Gasteiger partial charge is 0.457 e. The van der Waals surface area contributed by atoms with E-state index in [-0.39, 0.29) is 43.9 Å². The quantitative estimate of drug-likeness (QED) is 0.0869. The van der Waals surface area contributed by atoms with E-state index in [0.717, 1.165) is 24.0 Å². The van der Waals surface area contributed by atoms with Gasteiger partial charge in [-0.05, 0) is 70.1 Å². The maximum Gasteiger partial charge on any atom is 0.408 e. The van der Waals surface area contributed by atoms with Crippen molar-refractivity contribution < 1.29 is 44.2 Å². The van der Waals surface area contributed by atoms with Crippen LogP contribution in [0.2, 0.25) is 0 Å². The zero-order valence-corrected chi connectivity index (χ0v) is 29.4. The van der Waals surface area contributed by atoms with E-state index >= 15 is 0 Å². The van der Waals surface area contributed by atoms with Crippen molar-refractivity contribution in [3.05, 3.63) is 71.9 Å². The van der Waals surface area contributed by atoms with Crippen molar-refractivity contribution in [1.29, 1.82) is 0 Å². The van der Waals surface area contributed by atoms with Crippen molar-refractivity contribution in [1.82, 2.24) is 5.32 Å². The minimum Gasteiger partial charge on any atom is -0.457 e. The van der Waals surface area contributed by atoms with Gasteiger partial charge in [0.1, 0.15) is 11.7 Å². The summed E-state index contributed by atoms with van der Waals surface area (Å²) in [5.74, 6) is -0.993. The molecule has 2 heterocycles. The van der Waals surface area contributed by atoms with E-state index < -0.39 is 53.6 Å². The van der Waals surface area contributed by atoms with Gasteiger partial charge in [0.2, 0.25) is 0 Å². The Kier molecular flexibility index (Phi) is 14.4. The molecule has 0 spiro atoms. The second-order valence-corrected chi connectivity index (χ2v) is 14.2. The molecule has 2 aliphatic heterocycles. The van der Waals surface area contributed by atoms with Crippen molar-refractivity contribution in [3.63, 3.8) is 0 Å². The van der Waals surface area contributed by atoms with E-state index in [2.05, 4.69) is 11.9 Å². The van der Waals surface area contributed by atoms with Crippen LogP contribution in [0.3, 0.4) is 0 Å². The molecule has 10 nitrogen and oxygen atoms in total. The Morgan fingerprint density at radius 3 is 2.75 bits per heavy atom. The molecule has 10 atom stereocenters. The number of esters is 1. The third-order valence-electron chi connectivity index (χ3n) is 9.43. The molecule has 1 amide bonds. The second-order valence-electron chi connectivity index (χ2n) is 14.2. The average molecular weight is 672 g/mol. The van der Waals surface area contributed by atoms with Gasteiger partial charge < -0.3 is 40.0 Å². The van der Waals surface area contributed by atoms with Crippen molar-refractivity contribution in [3.8, 4) is 0 Å². The standard InChI is InChI=1S/C38H57NO9/c1-8-30(41)27(5)35-31(46-35)22-37(6,44)19-10-12-25(3)34-26(4)15-17-32(38(7,45)20-18-29(40)21-33(42)48-34)47-36(43)39-23-28-13-9-11-24(2)14-16-28/h9-10,12-13,15-17,19,26-27,29-32,34-35,40-41,44-45H,2,8,11,14,18,20-23H2,1,3-7H3,(H,39,43)/b17-15+,19-10+,25-12+. The Bertz CT molecular complexity index is 1280. The van der Waals surface area contributed by atoms with Crippen molar-refractivity contribution >= 4 is 12.1 Å². The number of rotatable bonds is 11. The molecule has 3 rings (SSSR count). The molecule has 268 valence electrons. The predicted octanol–water partition coefficient (Wildman–Crippen LogP) is 5.13. The molecule has 0 aromatic rings. The first-order valence-corrected chi connectivity index (χ1v) is 17.2. The lowest BCUT2D eigenvalue weighted by Gasteiger charge is -2.32. The summed E-state index contributed by atoms with van der Waals surface area (Å²) in [5.41, 5.74) is 0.0108. The normalized spacial score (nSPS) is 33.6. The van der Waals surface area contributed by atoms with Crippen LogP contribution in [0, 0.1) is 11.8 Å². The van der Waals surface area contributed by atoms with Gasteiger partial charge in [-0.3, -0.25) is 4.79 Å². The third kappa shape index (κ3) is 12.5. The van der Waals surface area contributed by atoms with Crippen LogP contribution in [0.5, 0.6) is 0 Å². The minimum absolute atomic E-state index is 0.0173. The molecular weight excluding hydrogens is 614 g/mol. The van der Waals surface area contributed by atoms with Gasteiger partial charge in [0.25, 0.3) is 0 Å². The predicted molar refractivity (Wildman–Crippen MR) is 185 cm³/mol. The molecule has 1 fully saturated rings. The van der Waals surface area contributed by atoms with Gasteiger partial charge in [0, 0.05) is 24.8 Å². The lowest BCUT2D eigenvalue weighted by Crippen LogP contribution is -2.44. The molecule has 1 aliphatic carbocycles. The summed E-state index contributed by atoms with van der Waals surface area (Å²) in [6, 6.07) is 0. The summed E-state index contributed by atoms with van der Waals surface area (Å²) in [6.45, 7) is 15.0. The third-order valence-corrected chi connectivity index (χ3v) is 9.43. The van der Waals surface area contributed by atoms with E-state index in [1.165, 1.54) is 0 Å². The van der Waals surface area contributed by atoms with Gasteiger partial charge in [0.15, 0.2) is 6.10 Å². The van der Waals surface area contributed by atoms with Gasteiger partial charge in [-0.1, -0.05) is 75.5 Å². The molecule has 1 saturated heterocycles. The molecule has 0 radical (unpaired) electrons. The van der Waals surface area contributed by atoms with Crippen LogP contribution in [-0.2, 0) is 19.0 Å². The highest BCUT2D eigenvalue weighted by molar-refractivity contribution is 5.70. The minimum atomic E-state index is -1.53. The molecule has 10 heteroatoms. The first-order chi connectivity index (χ1) is 22.5. The van der Waals surface area contributed by atoms with E-state index in [1.807, 2.05) is 39.0 Å². The second kappa shape index (κ2) is 17.6.